The number of aromatic nitrogens is 1. The molecule has 7 rings (SSSR count). The zero-order valence-electron chi connectivity index (χ0n) is 14.6. The summed E-state index contributed by atoms with van der Waals surface area (Å²) in [5.74, 6) is 0.476. The van der Waals surface area contributed by atoms with E-state index in [9.17, 15) is 10.2 Å². The highest BCUT2D eigenvalue weighted by atomic mass is 16.3. The maximum absolute atomic E-state index is 10.1. The van der Waals surface area contributed by atoms with Gasteiger partial charge < -0.3 is 14.6 Å². The average molecular weight is 363 g/mol. The van der Waals surface area contributed by atoms with Gasteiger partial charge in [0, 0.05) is 27.6 Å². The van der Waals surface area contributed by atoms with E-state index in [2.05, 4.69) is 28.7 Å². The monoisotopic (exact) mass is 363 g/mol. The Labute approximate surface area is 157 Å². The fourth-order valence-electron chi connectivity index (χ4n) is 4.70. The minimum absolute atomic E-state index is 0.235. The summed E-state index contributed by atoms with van der Waals surface area (Å²) < 4.78 is 8.45. The van der Waals surface area contributed by atoms with Crippen LogP contribution in [0.3, 0.4) is 0 Å². The molecule has 28 heavy (non-hydrogen) atoms. The summed E-state index contributed by atoms with van der Waals surface area (Å²) >= 11 is 0. The van der Waals surface area contributed by atoms with Crippen molar-refractivity contribution in [1.29, 1.82) is 0 Å². The Morgan fingerprint density at radius 2 is 1.50 bits per heavy atom. The lowest BCUT2D eigenvalue weighted by atomic mass is 10.0. The summed E-state index contributed by atoms with van der Waals surface area (Å²) in [6.45, 7) is 0. The van der Waals surface area contributed by atoms with Crippen molar-refractivity contribution >= 4 is 60.0 Å². The lowest BCUT2D eigenvalue weighted by molar-refractivity contribution is 0.475. The molecule has 4 aromatic carbocycles. The zero-order valence-corrected chi connectivity index (χ0v) is 14.6. The van der Waals surface area contributed by atoms with Crippen LogP contribution >= 0.6 is 0 Å². The number of nitrogens with zero attached hydrogens (tertiary/aromatic N) is 1. The number of benzene rings is 4. The van der Waals surface area contributed by atoms with Gasteiger partial charge in [-0.25, -0.2) is 0 Å². The molecular formula is C24H13NO3. The average Bonchev–Trinajstić information content (AvgIpc) is 3.30. The van der Waals surface area contributed by atoms with E-state index < -0.39 is 0 Å². The molecule has 0 amide bonds. The van der Waals surface area contributed by atoms with Crippen LogP contribution in [0.1, 0.15) is 0 Å². The third-order valence-corrected chi connectivity index (χ3v) is 5.86. The van der Waals surface area contributed by atoms with Crippen molar-refractivity contribution in [2.24, 2.45) is 0 Å². The molecule has 0 unspecified atom stereocenters. The van der Waals surface area contributed by atoms with E-state index in [1.165, 1.54) is 0 Å². The molecule has 132 valence electrons. The maximum Gasteiger partial charge on any atom is 0.213 e. The van der Waals surface area contributed by atoms with Crippen LogP contribution in [0.15, 0.2) is 71.1 Å². The summed E-state index contributed by atoms with van der Waals surface area (Å²) in [5, 5.41) is 27.4. The molecule has 0 atom stereocenters. The van der Waals surface area contributed by atoms with E-state index >= 15 is 0 Å². The Balaban J connectivity index is 1.79. The molecule has 0 bridgehead atoms. The summed E-state index contributed by atoms with van der Waals surface area (Å²) in [4.78, 5) is 0. The molecule has 0 aliphatic heterocycles. The molecule has 2 N–H and O–H groups in total. The van der Waals surface area contributed by atoms with Crippen LogP contribution in [0.4, 0.5) is 0 Å². The van der Waals surface area contributed by atoms with Crippen molar-refractivity contribution in [3.8, 4) is 11.5 Å². The largest absolute Gasteiger partial charge is 0.508 e. The molecule has 0 radical (unpaired) electrons. The predicted molar refractivity (Wildman–Crippen MR) is 112 cm³/mol. The van der Waals surface area contributed by atoms with Crippen molar-refractivity contribution in [3.63, 3.8) is 0 Å². The van der Waals surface area contributed by atoms with Gasteiger partial charge in [0.15, 0.2) is 0 Å². The summed E-state index contributed by atoms with van der Waals surface area (Å²) in [5.41, 5.74) is 3.61. The Morgan fingerprint density at radius 1 is 0.679 bits per heavy atom. The van der Waals surface area contributed by atoms with E-state index in [0.29, 0.717) is 0 Å². The normalized spacial score (nSPS) is 12.6. The third-order valence-electron chi connectivity index (χ3n) is 5.86. The molecule has 7 aromatic rings. The minimum Gasteiger partial charge on any atom is -0.508 e. The number of furan rings is 1. The van der Waals surface area contributed by atoms with Gasteiger partial charge in [-0.3, -0.25) is 4.40 Å². The first-order valence-electron chi connectivity index (χ1n) is 9.15. The van der Waals surface area contributed by atoms with E-state index in [1.807, 2.05) is 18.2 Å². The topological polar surface area (TPSA) is 58.0 Å². The van der Waals surface area contributed by atoms with Crippen LogP contribution in [0, 0.1) is 0 Å². The summed E-state index contributed by atoms with van der Waals surface area (Å²) in [6.07, 6.45) is 0. The van der Waals surface area contributed by atoms with Crippen LogP contribution in [0.25, 0.3) is 60.0 Å². The van der Waals surface area contributed by atoms with Gasteiger partial charge in [-0.15, -0.1) is 0 Å². The van der Waals surface area contributed by atoms with E-state index in [-0.39, 0.29) is 11.5 Å². The Bertz CT molecular complexity index is 1740. The van der Waals surface area contributed by atoms with E-state index in [4.69, 9.17) is 4.42 Å². The van der Waals surface area contributed by atoms with Crippen molar-refractivity contribution in [1.82, 2.24) is 4.40 Å². The highest BCUT2D eigenvalue weighted by Crippen LogP contribution is 2.44. The lowest BCUT2D eigenvalue weighted by Crippen LogP contribution is -1.78. The number of aromatic hydroxyl groups is 2. The number of rotatable bonds is 0. The van der Waals surface area contributed by atoms with Gasteiger partial charge in [0.25, 0.3) is 0 Å². The Kier molecular flexibility index (Phi) is 2.27. The molecule has 4 nitrogen and oxygen atoms in total. The molecule has 3 aromatic heterocycles. The number of para-hydroxylation sites is 1. The number of phenols is 2. The Hall–Kier alpha value is -3.92. The third kappa shape index (κ3) is 1.53. The highest BCUT2D eigenvalue weighted by molar-refractivity contribution is 6.28. The first-order valence-corrected chi connectivity index (χ1v) is 9.15. The van der Waals surface area contributed by atoms with E-state index in [1.54, 1.807) is 24.3 Å². The van der Waals surface area contributed by atoms with Crippen molar-refractivity contribution < 1.29 is 14.6 Å². The fraction of sp³-hybridized carbons (Fsp3) is 0. The second-order valence-electron chi connectivity index (χ2n) is 7.40. The van der Waals surface area contributed by atoms with Gasteiger partial charge in [-0.1, -0.05) is 24.3 Å². The standard InChI is InChI=1S/C24H13NO3/c26-14-5-4-12-9-19-21(10-13(12)8-14)28-24-22(19)18-3-1-2-17-16-7-6-15(27)11-20(16)25(24)23(17)18/h1-11,26-27H. The van der Waals surface area contributed by atoms with Gasteiger partial charge in [0.2, 0.25) is 5.71 Å². The van der Waals surface area contributed by atoms with Crippen molar-refractivity contribution in [2.75, 3.05) is 0 Å². The van der Waals surface area contributed by atoms with Gasteiger partial charge in [0.05, 0.1) is 16.4 Å². The van der Waals surface area contributed by atoms with Crippen LogP contribution < -0.4 is 0 Å². The second-order valence-corrected chi connectivity index (χ2v) is 7.40. The minimum atomic E-state index is 0.235. The maximum atomic E-state index is 10.1. The molecule has 0 aliphatic rings. The first-order chi connectivity index (χ1) is 13.7. The predicted octanol–water partition coefficient (Wildman–Crippen LogP) is 6.15. The SMILES string of the molecule is Oc1ccc2cc3c(cc2c1)oc1c3c2cccc3c4ccc(O)cc4n1c32. The van der Waals surface area contributed by atoms with Gasteiger partial charge in [-0.2, -0.15) is 0 Å². The highest BCUT2D eigenvalue weighted by Gasteiger charge is 2.22. The molecule has 0 spiro atoms. The smallest absolute Gasteiger partial charge is 0.213 e. The number of hydrogen-bond acceptors (Lipinski definition) is 3. The van der Waals surface area contributed by atoms with Crippen LogP contribution in [-0.2, 0) is 0 Å². The first kappa shape index (κ1) is 14.2. The quantitative estimate of drug-likeness (QED) is 0.340. The van der Waals surface area contributed by atoms with Crippen LogP contribution in [-0.4, -0.2) is 14.6 Å². The zero-order chi connectivity index (χ0) is 18.6. The van der Waals surface area contributed by atoms with Gasteiger partial charge in [-0.05, 0) is 47.2 Å². The van der Waals surface area contributed by atoms with Crippen molar-refractivity contribution in [3.05, 3.63) is 66.7 Å². The van der Waals surface area contributed by atoms with Gasteiger partial charge >= 0.3 is 0 Å². The van der Waals surface area contributed by atoms with E-state index in [0.717, 1.165) is 60.0 Å². The number of fused-ring (bicyclic) bond motifs is 9. The van der Waals surface area contributed by atoms with Crippen LogP contribution in [0.5, 0.6) is 11.5 Å². The molecule has 4 heteroatoms. The van der Waals surface area contributed by atoms with Gasteiger partial charge in [0.1, 0.15) is 17.1 Å². The Morgan fingerprint density at radius 3 is 2.43 bits per heavy atom. The molecule has 0 saturated heterocycles. The molecule has 0 aliphatic carbocycles. The molecule has 0 fully saturated rings. The lowest BCUT2D eigenvalue weighted by Gasteiger charge is -1.99. The number of phenolic OH excluding ortho intramolecular Hbond substituents is 2. The number of hydrogen-bond donors (Lipinski definition) is 2. The molecule has 0 saturated carbocycles. The molecule has 3 heterocycles. The summed E-state index contributed by atoms with van der Waals surface area (Å²) in [7, 11) is 0. The molecular weight excluding hydrogens is 350 g/mol. The fourth-order valence-corrected chi connectivity index (χ4v) is 4.70. The summed E-state index contributed by atoms with van der Waals surface area (Å²) in [6, 6.07) is 21.2. The second kappa shape index (κ2) is 4.49. The van der Waals surface area contributed by atoms with Crippen molar-refractivity contribution in [2.45, 2.75) is 0 Å². The van der Waals surface area contributed by atoms with Crippen LogP contribution in [0.2, 0.25) is 0 Å².